The predicted molar refractivity (Wildman–Crippen MR) is 116 cm³/mol. The Bertz CT molecular complexity index is 940. The summed E-state index contributed by atoms with van der Waals surface area (Å²) in [7, 11) is 1.74. The molecule has 0 spiro atoms. The predicted octanol–water partition coefficient (Wildman–Crippen LogP) is 3.55. The van der Waals surface area contributed by atoms with Crippen molar-refractivity contribution in [1.82, 2.24) is 4.90 Å². The van der Waals surface area contributed by atoms with E-state index in [1.54, 1.807) is 22.9 Å². The highest BCUT2D eigenvalue weighted by Gasteiger charge is 2.35. The van der Waals surface area contributed by atoms with Gasteiger partial charge in [-0.2, -0.15) is 0 Å². The van der Waals surface area contributed by atoms with Crippen LogP contribution in [0.1, 0.15) is 36.0 Å². The fourth-order valence-corrected chi connectivity index (χ4v) is 3.98. The highest BCUT2D eigenvalue weighted by atomic mass is 16.2. The van der Waals surface area contributed by atoms with Crippen molar-refractivity contribution in [2.24, 2.45) is 11.8 Å². The molecule has 1 heterocycles. The van der Waals surface area contributed by atoms with E-state index in [4.69, 9.17) is 0 Å². The van der Waals surface area contributed by atoms with Crippen LogP contribution in [-0.2, 0) is 9.59 Å². The molecular weight excluding hydrogens is 378 g/mol. The van der Waals surface area contributed by atoms with Crippen molar-refractivity contribution in [3.63, 3.8) is 0 Å². The lowest BCUT2D eigenvalue weighted by Gasteiger charge is -2.33. The topological polar surface area (TPSA) is 69.7 Å². The van der Waals surface area contributed by atoms with E-state index in [-0.39, 0.29) is 29.6 Å². The molecule has 6 heteroatoms. The average Bonchev–Trinajstić information content (AvgIpc) is 3.64. The van der Waals surface area contributed by atoms with E-state index in [0.29, 0.717) is 24.3 Å². The summed E-state index contributed by atoms with van der Waals surface area (Å²) in [6.07, 6.45) is 3.37. The molecule has 2 aromatic carbocycles. The average molecular weight is 405 g/mol. The molecule has 156 valence electrons. The summed E-state index contributed by atoms with van der Waals surface area (Å²) in [6.45, 7) is 0.995. The van der Waals surface area contributed by atoms with Crippen LogP contribution >= 0.6 is 0 Å². The molecule has 2 aliphatic rings. The standard InChI is InChI=1S/C24H27N3O3/c1-26(23(29)17-13-14-17)21-12-6-5-11-20(21)24(30)27-15-7-8-18(16-27)22(28)25-19-9-3-2-4-10-19/h2-6,9-12,17-18H,7-8,13-16H2,1H3,(H,25,28). The number of hydrogen-bond acceptors (Lipinski definition) is 3. The highest BCUT2D eigenvalue weighted by Crippen LogP contribution is 2.33. The van der Waals surface area contributed by atoms with Gasteiger partial charge < -0.3 is 15.1 Å². The van der Waals surface area contributed by atoms with Crippen LogP contribution in [0.4, 0.5) is 11.4 Å². The third-order valence-corrected chi connectivity index (χ3v) is 5.87. The van der Waals surface area contributed by atoms with Crippen LogP contribution in [0.5, 0.6) is 0 Å². The number of para-hydroxylation sites is 2. The number of likely N-dealkylation sites (tertiary alicyclic amines) is 1. The van der Waals surface area contributed by atoms with E-state index in [9.17, 15) is 14.4 Å². The largest absolute Gasteiger partial charge is 0.338 e. The summed E-state index contributed by atoms with van der Waals surface area (Å²) in [5.74, 6) is -0.291. The molecule has 1 saturated carbocycles. The summed E-state index contributed by atoms with van der Waals surface area (Å²) < 4.78 is 0. The van der Waals surface area contributed by atoms with Crippen molar-refractivity contribution in [3.05, 3.63) is 60.2 Å². The van der Waals surface area contributed by atoms with Crippen LogP contribution in [-0.4, -0.2) is 42.8 Å². The number of hydrogen-bond donors (Lipinski definition) is 1. The van der Waals surface area contributed by atoms with Gasteiger partial charge in [-0.3, -0.25) is 14.4 Å². The van der Waals surface area contributed by atoms with Gasteiger partial charge in [-0.15, -0.1) is 0 Å². The molecule has 1 atom stereocenters. The molecule has 1 N–H and O–H groups in total. The van der Waals surface area contributed by atoms with Gasteiger partial charge in [0, 0.05) is 31.7 Å². The van der Waals surface area contributed by atoms with Gasteiger partial charge in [0.25, 0.3) is 5.91 Å². The third kappa shape index (κ3) is 4.37. The normalized spacial score (nSPS) is 18.6. The fourth-order valence-electron chi connectivity index (χ4n) is 3.98. The van der Waals surface area contributed by atoms with Crippen molar-refractivity contribution >= 4 is 29.1 Å². The monoisotopic (exact) mass is 405 g/mol. The van der Waals surface area contributed by atoms with Gasteiger partial charge in [-0.1, -0.05) is 30.3 Å². The van der Waals surface area contributed by atoms with E-state index in [1.807, 2.05) is 48.5 Å². The Morgan fingerprint density at radius 2 is 1.63 bits per heavy atom. The number of amides is 3. The molecule has 0 aromatic heterocycles. The molecule has 1 aliphatic heterocycles. The molecule has 6 nitrogen and oxygen atoms in total. The summed E-state index contributed by atoms with van der Waals surface area (Å²) in [4.78, 5) is 41.9. The van der Waals surface area contributed by atoms with E-state index in [2.05, 4.69) is 5.32 Å². The van der Waals surface area contributed by atoms with Crippen LogP contribution in [0.3, 0.4) is 0 Å². The van der Waals surface area contributed by atoms with Crippen molar-refractivity contribution in [2.75, 3.05) is 30.4 Å². The van der Waals surface area contributed by atoms with Gasteiger partial charge >= 0.3 is 0 Å². The first-order valence-corrected chi connectivity index (χ1v) is 10.6. The Morgan fingerprint density at radius 1 is 0.933 bits per heavy atom. The van der Waals surface area contributed by atoms with Crippen LogP contribution < -0.4 is 10.2 Å². The fraction of sp³-hybridized carbons (Fsp3) is 0.375. The van der Waals surface area contributed by atoms with Crippen LogP contribution in [0.25, 0.3) is 0 Å². The SMILES string of the molecule is CN(C(=O)C1CC1)c1ccccc1C(=O)N1CCCC(C(=O)Nc2ccccc2)C1. The van der Waals surface area contributed by atoms with Crippen molar-refractivity contribution in [2.45, 2.75) is 25.7 Å². The smallest absolute Gasteiger partial charge is 0.255 e. The van der Waals surface area contributed by atoms with Crippen LogP contribution in [0, 0.1) is 11.8 Å². The molecular formula is C24H27N3O3. The maximum absolute atomic E-state index is 13.3. The minimum absolute atomic E-state index is 0.0620. The number of carbonyl (C=O) groups is 3. The third-order valence-electron chi connectivity index (χ3n) is 5.87. The van der Waals surface area contributed by atoms with E-state index < -0.39 is 0 Å². The lowest BCUT2D eigenvalue weighted by molar-refractivity contribution is -0.121. The first-order valence-electron chi connectivity index (χ1n) is 10.6. The summed E-state index contributed by atoms with van der Waals surface area (Å²) >= 11 is 0. The van der Waals surface area contributed by atoms with Gasteiger partial charge in [-0.25, -0.2) is 0 Å². The minimum atomic E-state index is -0.249. The first-order chi connectivity index (χ1) is 14.5. The molecule has 2 fully saturated rings. The zero-order valence-corrected chi connectivity index (χ0v) is 17.2. The van der Waals surface area contributed by atoms with Gasteiger partial charge in [0.1, 0.15) is 0 Å². The molecule has 1 unspecified atom stereocenters. The van der Waals surface area contributed by atoms with Crippen molar-refractivity contribution < 1.29 is 14.4 Å². The highest BCUT2D eigenvalue weighted by molar-refractivity contribution is 6.05. The van der Waals surface area contributed by atoms with Crippen LogP contribution in [0.2, 0.25) is 0 Å². The molecule has 1 aliphatic carbocycles. The second kappa shape index (κ2) is 8.69. The number of benzene rings is 2. The van der Waals surface area contributed by atoms with Gasteiger partial charge in [0.05, 0.1) is 17.2 Å². The summed E-state index contributed by atoms with van der Waals surface area (Å²) in [5, 5.41) is 2.95. The Kier molecular flexibility index (Phi) is 5.84. The molecule has 0 bridgehead atoms. The zero-order valence-electron chi connectivity index (χ0n) is 17.2. The number of rotatable bonds is 5. The van der Waals surface area contributed by atoms with Crippen molar-refractivity contribution in [3.8, 4) is 0 Å². The zero-order chi connectivity index (χ0) is 21.1. The summed E-state index contributed by atoms with van der Waals surface area (Å²) in [6, 6.07) is 16.6. The molecule has 2 aromatic rings. The lowest BCUT2D eigenvalue weighted by Crippen LogP contribution is -2.44. The lowest BCUT2D eigenvalue weighted by atomic mass is 9.96. The first kappa shape index (κ1) is 20.1. The van der Waals surface area contributed by atoms with E-state index in [1.165, 1.54) is 0 Å². The molecule has 4 rings (SSSR count). The quantitative estimate of drug-likeness (QED) is 0.827. The maximum Gasteiger partial charge on any atom is 0.255 e. The second-order valence-electron chi connectivity index (χ2n) is 8.13. The Balaban J connectivity index is 1.47. The van der Waals surface area contributed by atoms with E-state index >= 15 is 0 Å². The Hall–Kier alpha value is -3.15. The molecule has 3 amide bonds. The van der Waals surface area contributed by atoms with Gasteiger partial charge in [0.15, 0.2) is 0 Å². The van der Waals surface area contributed by atoms with Crippen molar-refractivity contribution in [1.29, 1.82) is 0 Å². The Morgan fingerprint density at radius 3 is 2.37 bits per heavy atom. The number of anilines is 2. The number of nitrogens with zero attached hydrogens (tertiary/aromatic N) is 2. The number of piperidine rings is 1. The number of nitrogens with one attached hydrogen (secondary N) is 1. The maximum atomic E-state index is 13.3. The van der Waals surface area contributed by atoms with Gasteiger partial charge in [0.2, 0.25) is 11.8 Å². The Labute approximate surface area is 176 Å². The van der Waals surface area contributed by atoms with E-state index in [0.717, 1.165) is 31.4 Å². The van der Waals surface area contributed by atoms with Gasteiger partial charge in [-0.05, 0) is 49.9 Å². The second-order valence-corrected chi connectivity index (χ2v) is 8.13. The van der Waals surface area contributed by atoms with Crippen LogP contribution in [0.15, 0.2) is 54.6 Å². The number of carbonyl (C=O) groups excluding carboxylic acids is 3. The molecule has 30 heavy (non-hydrogen) atoms. The summed E-state index contributed by atoms with van der Waals surface area (Å²) in [5.41, 5.74) is 1.91. The molecule has 0 radical (unpaired) electrons. The minimum Gasteiger partial charge on any atom is -0.338 e. The molecule has 1 saturated heterocycles.